The first-order valence-corrected chi connectivity index (χ1v) is 11.9. The topological polar surface area (TPSA) is 13.0 Å². The van der Waals surface area contributed by atoms with Crippen LogP contribution < -0.4 is 0 Å². The minimum Gasteiger partial charge on any atom is -0.298 e. The predicted octanol–water partition coefficient (Wildman–Crippen LogP) is 4.15. The Bertz CT molecular complexity index is 477. The van der Waals surface area contributed by atoms with Crippen molar-refractivity contribution in [1.29, 1.82) is 0 Å². The summed E-state index contributed by atoms with van der Waals surface area (Å²) in [4.78, 5) is 10.9. The van der Waals surface area contributed by atoms with Crippen LogP contribution in [-0.4, -0.2) is 93.6 Å². The molecule has 0 spiro atoms. The molecule has 2 fully saturated rings. The van der Waals surface area contributed by atoms with Crippen LogP contribution in [0.1, 0.15) is 82.6 Å². The number of hydrogen-bond acceptors (Lipinski definition) is 4. The molecule has 0 amide bonds. The zero-order chi connectivity index (χ0) is 21.4. The third-order valence-corrected chi connectivity index (χ3v) is 7.76. The highest BCUT2D eigenvalue weighted by molar-refractivity contribution is 4.98. The van der Waals surface area contributed by atoms with Crippen molar-refractivity contribution in [1.82, 2.24) is 19.6 Å². The molecule has 4 nitrogen and oxygen atoms in total. The van der Waals surface area contributed by atoms with Crippen LogP contribution >= 0.6 is 0 Å². The van der Waals surface area contributed by atoms with E-state index in [4.69, 9.17) is 0 Å². The van der Waals surface area contributed by atoms with Gasteiger partial charge in [-0.15, -0.1) is 0 Å². The van der Waals surface area contributed by atoms with E-state index in [2.05, 4.69) is 95.8 Å². The van der Waals surface area contributed by atoms with Crippen molar-refractivity contribution < 1.29 is 0 Å². The number of piperazine rings is 2. The van der Waals surface area contributed by atoms with Gasteiger partial charge in [-0.1, -0.05) is 0 Å². The second kappa shape index (κ2) is 9.32. The molecule has 0 saturated carbocycles. The van der Waals surface area contributed by atoms with Crippen LogP contribution in [0.3, 0.4) is 0 Å². The molecule has 0 radical (unpaired) electrons. The number of rotatable bonds is 6. The monoisotopic (exact) mass is 394 g/mol. The second-order valence-corrected chi connectivity index (χ2v) is 11.1. The molecule has 2 aliphatic heterocycles. The van der Waals surface area contributed by atoms with E-state index in [1.54, 1.807) is 0 Å². The zero-order valence-corrected chi connectivity index (χ0v) is 20.9. The van der Waals surface area contributed by atoms with Gasteiger partial charge in [0.15, 0.2) is 0 Å². The van der Waals surface area contributed by atoms with Gasteiger partial charge in [0.2, 0.25) is 0 Å². The minimum absolute atomic E-state index is 0.222. The molecule has 5 atom stereocenters. The van der Waals surface area contributed by atoms with Gasteiger partial charge in [0.05, 0.1) is 0 Å². The van der Waals surface area contributed by atoms with Crippen LogP contribution in [0.4, 0.5) is 0 Å². The van der Waals surface area contributed by atoms with Crippen molar-refractivity contribution in [2.75, 3.05) is 26.2 Å². The van der Waals surface area contributed by atoms with Crippen molar-refractivity contribution in [3.8, 4) is 0 Å². The van der Waals surface area contributed by atoms with Crippen molar-refractivity contribution in [3.63, 3.8) is 0 Å². The maximum Gasteiger partial charge on any atom is 0.0224 e. The summed E-state index contributed by atoms with van der Waals surface area (Å²) in [6, 6.07) is 4.38. The van der Waals surface area contributed by atoms with E-state index in [1.807, 2.05) is 0 Å². The molecule has 0 aliphatic carbocycles. The average molecular weight is 395 g/mol. The molecular formula is C24H50N4. The second-order valence-electron chi connectivity index (χ2n) is 11.1. The van der Waals surface area contributed by atoms with Crippen molar-refractivity contribution in [2.24, 2.45) is 0 Å². The van der Waals surface area contributed by atoms with Crippen molar-refractivity contribution >= 4 is 0 Å². The quantitative estimate of drug-likeness (QED) is 0.671. The summed E-state index contributed by atoms with van der Waals surface area (Å²) in [6.07, 6.45) is 1.24. The fourth-order valence-electron chi connectivity index (χ4n) is 6.47. The Morgan fingerprint density at radius 2 is 1.21 bits per heavy atom. The summed E-state index contributed by atoms with van der Waals surface area (Å²) in [6.45, 7) is 31.3. The van der Waals surface area contributed by atoms with Crippen molar-refractivity contribution in [2.45, 2.75) is 130 Å². The molecule has 5 unspecified atom stereocenters. The number of nitrogens with zero attached hydrogens (tertiary/aromatic N) is 4. The molecule has 0 N–H and O–H groups in total. The minimum atomic E-state index is 0.222. The highest BCUT2D eigenvalue weighted by Crippen LogP contribution is 2.32. The first-order valence-electron chi connectivity index (χ1n) is 11.9. The van der Waals surface area contributed by atoms with Gasteiger partial charge in [-0.2, -0.15) is 0 Å². The fraction of sp³-hybridized carbons (Fsp3) is 1.00. The molecule has 0 bridgehead atoms. The largest absolute Gasteiger partial charge is 0.298 e. The molecule has 2 aliphatic rings. The van der Waals surface area contributed by atoms with Crippen LogP contribution in [0.5, 0.6) is 0 Å². The van der Waals surface area contributed by atoms with Gasteiger partial charge in [-0.3, -0.25) is 19.6 Å². The van der Waals surface area contributed by atoms with Gasteiger partial charge in [-0.25, -0.2) is 0 Å². The predicted molar refractivity (Wildman–Crippen MR) is 123 cm³/mol. The summed E-state index contributed by atoms with van der Waals surface area (Å²) >= 11 is 0. The first-order chi connectivity index (χ1) is 12.9. The van der Waals surface area contributed by atoms with E-state index >= 15 is 0 Å². The van der Waals surface area contributed by atoms with E-state index in [9.17, 15) is 0 Å². The Kier molecular flexibility index (Phi) is 8.03. The molecule has 2 rings (SSSR count). The lowest BCUT2D eigenvalue weighted by molar-refractivity contribution is -0.0615. The SMILES string of the molecule is CC(C)N1CC(C)N(C(C)(C)CC(C)N2CCN(C(C)C)C(C)C2C)C(C)C1. The van der Waals surface area contributed by atoms with E-state index < -0.39 is 0 Å². The number of hydrogen-bond donors (Lipinski definition) is 0. The van der Waals surface area contributed by atoms with Crippen LogP contribution in [0, 0.1) is 0 Å². The van der Waals surface area contributed by atoms with E-state index in [1.165, 1.54) is 32.6 Å². The maximum absolute atomic E-state index is 2.82. The van der Waals surface area contributed by atoms with Gasteiger partial charge >= 0.3 is 0 Å². The maximum atomic E-state index is 2.82. The summed E-state index contributed by atoms with van der Waals surface area (Å²) in [5.41, 5.74) is 0.222. The van der Waals surface area contributed by atoms with Crippen molar-refractivity contribution in [3.05, 3.63) is 0 Å². The highest BCUT2D eigenvalue weighted by Gasteiger charge is 2.42. The van der Waals surface area contributed by atoms with Gasteiger partial charge in [0, 0.05) is 74.0 Å². The van der Waals surface area contributed by atoms with Gasteiger partial charge in [0.25, 0.3) is 0 Å². The van der Waals surface area contributed by atoms with Gasteiger partial charge < -0.3 is 0 Å². The van der Waals surface area contributed by atoms with Crippen LogP contribution in [-0.2, 0) is 0 Å². The Hall–Kier alpha value is -0.160. The molecule has 0 aromatic rings. The molecule has 166 valence electrons. The summed E-state index contributed by atoms with van der Waals surface area (Å²) in [7, 11) is 0. The summed E-state index contributed by atoms with van der Waals surface area (Å²) in [5.74, 6) is 0. The smallest absolute Gasteiger partial charge is 0.0224 e. The molecule has 0 aromatic heterocycles. The lowest BCUT2D eigenvalue weighted by atomic mass is 9.87. The van der Waals surface area contributed by atoms with Crippen LogP contribution in [0.2, 0.25) is 0 Å². The van der Waals surface area contributed by atoms with Crippen LogP contribution in [0.15, 0.2) is 0 Å². The molecule has 28 heavy (non-hydrogen) atoms. The van der Waals surface area contributed by atoms with E-state index in [0.29, 0.717) is 42.3 Å². The third-order valence-electron chi connectivity index (χ3n) is 7.76. The summed E-state index contributed by atoms with van der Waals surface area (Å²) < 4.78 is 0. The standard InChI is InChI=1S/C24H50N4/c1-17(2)25-15-20(6)28(21(7)16-25)24(10,11)14-19(5)27-13-12-26(18(3)4)22(8)23(27)9/h17-23H,12-16H2,1-11H3. The molecular weight excluding hydrogens is 344 g/mol. The first kappa shape index (κ1) is 24.1. The van der Waals surface area contributed by atoms with Crippen LogP contribution in [0.25, 0.3) is 0 Å². The molecule has 2 saturated heterocycles. The van der Waals surface area contributed by atoms with E-state index in [-0.39, 0.29) is 5.54 Å². The van der Waals surface area contributed by atoms with Gasteiger partial charge in [-0.05, 0) is 82.6 Å². The molecule has 4 heteroatoms. The Labute approximate surface area is 176 Å². The molecule has 2 heterocycles. The lowest BCUT2D eigenvalue weighted by Crippen LogP contribution is -2.66. The summed E-state index contributed by atoms with van der Waals surface area (Å²) in [5, 5.41) is 0. The zero-order valence-electron chi connectivity index (χ0n) is 20.9. The Balaban J connectivity index is 2.05. The third kappa shape index (κ3) is 5.11. The highest BCUT2D eigenvalue weighted by atomic mass is 15.4. The Morgan fingerprint density at radius 3 is 1.68 bits per heavy atom. The van der Waals surface area contributed by atoms with Gasteiger partial charge in [0.1, 0.15) is 0 Å². The normalized spacial score (nSPS) is 33.8. The Morgan fingerprint density at radius 1 is 0.750 bits per heavy atom. The fourth-order valence-corrected chi connectivity index (χ4v) is 6.47. The molecule has 0 aromatic carbocycles. The van der Waals surface area contributed by atoms with E-state index in [0.717, 1.165) is 0 Å². The average Bonchev–Trinajstić information content (AvgIpc) is 2.55. The lowest BCUT2D eigenvalue weighted by Gasteiger charge is -2.55.